The lowest BCUT2D eigenvalue weighted by Gasteiger charge is -2.18. The lowest BCUT2D eigenvalue weighted by Crippen LogP contribution is -2.24. The summed E-state index contributed by atoms with van der Waals surface area (Å²) >= 11 is 0. The van der Waals surface area contributed by atoms with E-state index in [1.165, 1.54) is 10.7 Å². The minimum Gasteiger partial charge on any atom is -0.481 e. The molecule has 0 radical (unpaired) electrons. The number of hydrogen-bond donors (Lipinski definition) is 1. The summed E-state index contributed by atoms with van der Waals surface area (Å²) in [5.74, 6) is -1.97. The van der Waals surface area contributed by atoms with Gasteiger partial charge in [-0.15, -0.1) is 0 Å². The van der Waals surface area contributed by atoms with E-state index in [2.05, 4.69) is 5.10 Å². The Kier molecular flexibility index (Phi) is 4.11. The van der Waals surface area contributed by atoms with Gasteiger partial charge in [-0.2, -0.15) is 5.10 Å². The second kappa shape index (κ2) is 5.20. The molecule has 0 bridgehead atoms. The van der Waals surface area contributed by atoms with Crippen molar-refractivity contribution in [3.63, 3.8) is 0 Å². The fraction of sp³-hybridized carbons (Fsp3) is 0.583. The lowest BCUT2D eigenvalue weighted by molar-refractivity contribution is -0.141. The highest BCUT2D eigenvalue weighted by atomic mass is 16.6. The van der Waals surface area contributed by atoms with Gasteiger partial charge in [-0.05, 0) is 26.8 Å². The highest BCUT2D eigenvalue weighted by Crippen LogP contribution is 2.11. The van der Waals surface area contributed by atoms with Gasteiger partial charge in [0.25, 0.3) is 0 Å². The summed E-state index contributed by atoms with van der Waals surface area (Å²) in [6.45, 7) is 7.12. The zero-order valence-corrected chi connectivity index (χ0v) is 11.0. The molecule has 1 unspecified atom stereocenters. The van der Waals surface area contributed by atoms with Crippen LogP contribution in [0, 0.1) is 5.92 Å². The number of aliphatic carboxylic acids is 1. The summed E-state index contributed by atoms with van der Waals surface area (Å²) in [5, 5.41) is 12.8. The number of hydrogen-bond acceptors (Lipinski definition) is 4. The van der Waals surface area contributed by atoms with E-state index in [0.29, 0.717) is 0 Å². The molecule has 1 aromatic heterocycles. The molecule has 1 rings (SSSR count). The van der Waals surface area contributed by atoms with Gasteiger partial charge in [0.15, 0.2) is 5.69 Å². The topological polar surface area (TPSA) is 81.4 Å². The van der Waals surface area contributed by atoms with E-state index in [-0.39, 0.29) is 12.2 Å². The number of carbonyl (C=O) groups is 2. The Morgan fingerprint density at radius 3 is 2.61 bits per heavy atom. The number of esters is 1. The van der Waals surface area contributed by atoms with Crippen molar-refractivity contribution >= 4 is 11.9 Å². The van der Waals surface area contributed by atoms with Crippen molar-refractivity contribution < 1.29 is 19.4 Å². The predicted molar refractivity (Wildman–Crippen MR) is 64.2 cm³/mol. The first-order valence-electron chi connectivity index (χ1n) is 5.68. The van der Waals surface area contributed by atoms with Crippen LogP contribution in [0.4, 0.5) is 0 Å². The monoisotopic (exact) mass is 254 g/mol. The number of nitrogens with zero attached hydrogens (tertiary/aromatic N) is 2. The fourth-order valence-corrected chi connectivity index (χ4v) is 1.26. The van der Waals surface area contributed by atoms with E-state index in [1.54, 1.807) is 33.9 Å². The minimum atomic E-state index is -0.899. The molecule has 1 N–H and O–H groups in total. The molecule has 0 saturated carbocycles. The van der Waals surface area contributed by atoms with E-state index in [4.69, 9.17) is 9.84 Å². The van der Waals surface area contributed by atoms with E-state index in [1.807, 2.05) is 0 Å². The molecule has 0 aromatic carbocycles. The third-order valence-electron chi connectivity index (χ3n) is 2.13. The summed E-state index contributed by atoms with van der Waals surface area (Å²) in [6, 6.07) is 1.52. The van der Waals surface area contributed by atoms with Gasteiger partial charge >= 0.3 is 11.9 Å². The van der Waals surface area contributed by atoms with Crippen LogP contribution in [0.15, 0.2) is 12.3 Å². The molecule has 0 spiro atoms. The van der Waals surface area contributed by atoms with Crippen molar-refractivity contribution in [3.8, 4) is 0 Å². The highest BCUT2D eigenvalue weighted by molar-refractivity contribution is 5.87. The van der Waals surface area contributed by atoms with Crippen molar-refractivity contribution in [2.24, 2.45) is 5.92 Å². The molecule has 0 aliphatic heterocycles. The van der Waals surface area contributed by atoms with Gasteiger partial charge in [-0.25, -0.2) is 4.79 Å². The molecule has 6 heteroatoms. The van der Waals surface area contributed by atoms with Gasteiger partial charge < -0.3 is 9.84 Å². The maximum absolute atomic E-state index is 11.7. The average Bonchev–Trinajstić information content (AvgIpc) is 2.63. The van der Waals surface area contributed by atoms with Crippen LogP contribution in [-0.2, 0) is 16.1 Å². The highest BCUT2D eigenvalue weighted by Gasteiger charge is 2.20. The summed E-state index contributed by atoms with van der Waals surface area (Å²) in [6.07, 6.45) is 1.57. The normalized spacial score (nSPS) is 13.1. The van der Waals surface area contributed by atoms with E-state index >= 15 is 0 Å². The minimum absolute atomic E-state index is 0.183. The molecule has 6 nitrogen and oxygen atoms in total. The van der Waals surface area contributed by atoms with Gasteiger partial charge in [0, 0.05) is 6.20 Å². The maximum atomic E-state index is 11.7. The van der Waals surface area contributed by atoms with Crippen LogP contribution in [0.1, 0.15) is 38.2 Å². The van der Waals surface area contributed by atoms with Gasteiger partial charge in [0.05, 0.1) is 12.5 Å². The Labute approximate surface area is 106 Å². The Morgan fingerprint density at radius 1 is 1.50 bits per heavy atom. The standard InChI is InChI=1S/C12H18N2O4/c1-8(10(15)16)7-14-6-5-9(13-14)11(17)18-12(2,3)4/h5-6,8H,7H2,1-4H3,(H,15,16). The fourth-order valence-electron chi connectivity index (χ4n) is 1.26. The smallest absolute Gasteiger partial charge is 0.359 e. The Morgan fingerprint density at radius 2 is 2.11 bits per heavy atom. The summed E-state index contributed by atoms with van der Waals surface area (Å²) < 4.78 is 6.59. The van der Waals surface area contributed by atoms with Gasteiger partial charge in [0.2, 0.25) is 0 Å². The molecule has 18 heavy (non-hydrogen) atoms. The molecule has 0 aliphatic rings. The summed E-state index contributed by atoms with van der Waals surface area (Å²) in [7, 11) is 0. The number of carbonyl (C=O) groups excluding carboxylic acids is 1. The number of carboxylic acid groups (broad SMARTS) is 1. The number of ether oxygens (including phenoxy) is 1. The third kappa shape index (κ3) is 4.20. The summed E-state index contributed by atoms with van der Waals surface area (Å²) in [5.41, 5.74) is -0.391. The van der Waals surface area contributed by atoms with Crippen LogP contribution in [0.25, 0.3) is 0 Å². The molecule has 100 valence electrons. The number of rotatable bonds is 4. The maximum Gasteiger partial charge on any atom is 0.359 e. The van der Waals surface area contributed by atoms with Crippen molar-refractivity contribution in [2.75, 3.05) is 0 Å². The zero-order chi connectivity index (χ0) is 13.9. The Bertz CT molecular complexity index is 445. The first-order valence-corrected chi connectivity index (χ1v) is 5.68. The van der Waals surface area contributed by atoms with Crippen LogP contribution in [0.3, 0.4) is 0 Å². The van der Waals surface area contributed by atoms with Crippen LogP contribution >= 0.6 is 0 Å². The molecule has 1 atom stereocenters. The largest absolute Gasteiger partial charge is 0.481 e. The van der Waals surface area contributed by atoms with Gasteiger partial charge in [-0.3, -0.25) is 9.48 Å². The van der Waals surface area contributed by atoms with Crippen LogP contribution in [-0.4, -0.2) is 32.4 Å². The van der Waals surface area contributed by atoms with Crippen molar-refractivity contribution in [2.45, 2.75) is 39.8 Å². The van der Waals surface area contributed by atoms with Crippen molar-refractivity contribution in [1.29, 1.82) is 0 Å². The van der Waals surface area contributed by atoms with E-state index < -0.39 is 23.5 Å². The van der Waals surface area contributed by atoms with Crippen molar-refractivity contribution in [1.82, 2.24) is 9.78 Å². The van der Waals surface area contributed by atoms with Crippen LogP contribution in [0.5, 0.6) is 0 Å². The second-order valence-electron chi connectivity index (χ2n) is 5.16. The number of carboxylic acids is 1. The zero-order valence-electron chi connectivity index (χ0n) is 11.0. The Hall–Kier alpha value is -1.85. The molecular formula is C12H18N2O4. The van der Waals surface area contributed by atoms with Gasteiger partial charge in [0.1, 0.15) is 5.60 Å². The first kappa shape index (κ1) is 14.2. The SMILES string of the molecule is CC(Cn1ccc(C(=O)OC(C)(C)C)n1)C(=O)O. The van der Waals surface area contributed by atoms with Gasteiger partial charge in [-0.1, -0.05) is 6.92 Å². The van der Waals surface area contributed by atoms with E-state index in [0.717, 1.165) is 0 Å². The second-order valence-corrected chi connectivity index (χ2v) is 5.16. The van der Waals surface area contributed by atoms with Crippen molar-refractivity contribution in [3.05, 3.63) is 18.0 Å². The molecule has 0 fully saturated rings. The average molecular weight is 254 g/mol. The quantitative estimate of drug-likeness (QED) is 0.824. The predicted octanol–water partition coefficient (Wildman–Crippen LogP) is 1.56. The molecule has 0 saturated heterocycles. The third-order valence-corrected chi connectivity index (χ3v) is 2.13. The molecule has 1 heterocycles. The summed E-state index contributed by atoms with van der Waals surface area (Å²) in [4.78, 5) is 22.4. The molecule has 1 aromatic rings. The Balaban J connectivity index is 2.69. The lowest BCUT2D eigenvalue weighted by atomic mass is 10.2. The molecular weight excluding hydrogens is 236 g/mol. The first-order chi connectivity index (χ1) is 8.19. The number of aromatic nitrogens is 2. The molecule has 0 amide bonds. The van der Waals surface area contributed by atoms with E-state index in [9.17, 15) is 9.59 Å². The molecule has 0 aliphatic carbocycles. The van der Waals surface area contributed by atoms with Crippen LogP contribution < -0.4 is 0 Å². The van der Waals surface area contributed by atoms with Crippen LogP contribution in [0.2, 0.25) is 0 Å².